The van der Waals surface area contributed by atoms with Gasteiger partial charge >= 0.3 is 0 Å². The van der Waals surface area contributed by atoms with Crippen molar-refractivity contribution in [1.82, 2.24) is 16.1 Å². The van der Waals surface area contributed by atoms with E-state index in [1.165, 1.54) is 24.5 Å². The minimum Gasteiger partial charge on any atom is -0.391 e. The molecular formula is C26H30N4O5. The number of hydroxylamine groups is 1. The smallest absolute Gasteiger partial charge is 0.268 e. The number of anilines is 1. The fraction of sp³-hybridized carbons (Fsp3) is 0.269. The van der Waals surface area contributed by atoms with Crippen LogP contribution in [0.4, 0.5) is 5.69 Å². The third kappa shape index (κ3) is 9.70. The largest absolute Gasteiger partial charge is 0.391 e. The fourth-order valence-electron chi connectivity index (χ4n) is 2.69. The standard InChI is InChI=1S/C25H26N4O5.CH4/c1-3-26-16-22(31)27-21-14-10-19(11-15-21)7-5-4-6-18-8-12-20(13-9-18)24(32)28-23(17(2)30)25(33)29-34;/h8-15,17,23,26,30,34H,3,16H2,1-2H3,(H,27,31)(H,28,32)(H,29,33);1H4/t17-,23+;/m1./s1. The van der Waals surface area contributed by atoms with Crippen molar-refractivity contribution < 1.29 is 24.7 Å². The van der Waals surface area contributed by atoms with Crippen LogP contribution in [0.2, 0.25) is 0 Å². The molecule has 2 aromatic carbocycles. The maximum Gasteiger partial charge on any atom is 0.268 e. The first-order valence-corrected chi connectivity index (χ1v) is 10.5. The van der Waals surface area contributed by atoms with E-state index in [1.54, 1.807) is 36.4 Å². The molecule has 0 radical (unpaired) electrons. The van der Waals surface area contributed by atoms with Gasteiger partial charge in [0.25, 0.3) is 11.8 Å². The van der Waals surface area contributed by atoms with Gasteiger partial charge in [-0.3, -0.25) is 19.6 Å². The summed E-state index contributed by atoms with van der Waals surface area (Å²) in [7, 11) is 0. The SMILES string of the molecule is C.CCNCC(=O)Nc1ccc(C#CC#Cc2ccc(C(=O)N[C@H](C(=O)NO)[C@@H](C)O)cc2)cc1. The van der Waals surface area contributed by atoms with E-state index in [4.69, 9.17) is 5.21 Å². The summed E-state index contributed by atoms with van der Waals surface area (Å²) in [6.45, 7) is 4.22. The number of nitrogens with one attached hydrogen (secondary N) is 4. The van der Waals surface area contributed by atoms with Crippen molar-refractivity contribution in [3.8, 4) is 23.7 Å². The van der Waals surface area contributed by atoms with E-state index in [9.17, 15) is 19.5 Å². The molecule has 0 unspecified atom stereocenters. The van der Waals surface area contributed by atoms with E-state index >= 15 is 0 Å². The predicted molar refractivity (Wildman–Crippen MR) is 133 cm³/mol. The first-order chi connectivity index (χ1) is 16.3. The third-order valence-corrected chi connectivity index (χ3v) is 4.49. The van der Waals surface area contributed by atoms with Crippen molar-refractivity contribution in [3.05, 3.63) is 65.2 Å². The second-order valence-corrected chi connectivity index (χ2v) is 7.15. The van der Waals surface area contributed by atoms with Crippen LogP contribution in [0.3, 0.4) is 0 Å². The number of carbonyl (C=O) groups excluding carboxylic acids is 3. The lowest BCUT2D eigenvalue weighted by atomic mass is 10.1. The van der Waals surface area contributed by atoms with Crippen molar-refractivity contribution in [2.45, 2.75) is 33.4 Å². The summed E-state index contributed by atoms with van der Waals surface area (Å²) in [4.78, 5) is 35.5. The molecule has 2 aromatic rings. The van der Waals surface area contributed by atoms with Crippen LogP contribution in [-0.2, 0) is 9.59 Å². The molecular weight excluding hydrogens is 448 g/mol. The highest BCUT2D eigenvalue weighted by Crippen LogP contribution is 2.08. The quantitative estimate of drug-likeness (QED) is 0.192. The zero-order valence-corrected chi connectivity index (χ0v) is 18.8. The number of likely N-dealkylation sites (N-methyl/N-ethyl adjacent to an activating group) is 1. The van der Waals surface area contributed by atoms with Gasteiger partial charge in [0, 0.05) is 22.4 Å². The normalized spacial score (nSPS) is 11.2. The highest BCUT2D eigenvalue weighted by molar-refractivity contribution is 5.97. The number of amides is 3. The van der Waals surface area contributed by atoms with E-state index in [0.29, 0.717) is 11.3 Å². The van der Waals surface area contributed by atoms with Crippen molar-refractivity contribution in [2.24, 2.45) is 0 Å². The van der Waals surface area contributed by atoms with E-state index in [0.717, 1.165) is 12.1 Å². The van der Waals surface area contributed by atoms with Gasteiger partial charge in [-0.2, -0.15) is 0 Å². The van der Waals surface area contributed by atoms with Crippen molar-refractivity contribution in [1.29, 1.82) is 0 Å². The van der Waals surface area contributed by atoms with Gasteiger partial charge in [0.1, 0.15) is 6.04 Å². The number of hydrogen-bond acceptors (Lipinski definition) is 6. The van der Waals surface area contributed by atoms with Crippen LogP contribution < -0.4 is 21.4 Å². The Balaban J connectivity index is 0.00000612. The summed E-state index contributed by atoms with van der Waals surface area (Å²) in [6.07, 6.45) is -1.20. The number of carbonyl (C=O) groups is 3. The monoisotopic (exact) mass is 478 g/mol. The molecule has 0 fully saturated rings. The number of aliphatic hydroxyl groups is 1. The summed E-state index contributed by atoms with van der Waals surface area (Å²) in [5.74, 6) is 9.64. The van der Waals surface area contributed by atoms with Crippen LogP contribution in [0.25, 0.3) is 0 Å². The molecule has 3 amide bonds. The lowest BCUT2D eigenvalue weighted by Gasteiger charge is -2.19. The number of aliphatic hydroxyl groups excluding tert-OH is 1. The Morgan fingerprint density at radius 1 is 0.943 bits per heavy atom. The van der Waals surface area contributed by atoms with Crippen LogP contribution in [0.15, 0.2) is 48.5 Å². The van der Waals surface area contributed by atoms with Crippen molar-refractivity contribution in [3.63, 3.8) is 0 Å². The Kier molecular flexibility index (Phi) is 12.3. The molecule has 0 bridgehead atoms. The van der Waals surface area contributed by atoms with Crippen LogP contribution >= 0.6 is 0 Å². The average Bonchev–Trinajstić information content (AvgIpc) is 2.84. The van der Waals surface area contributed by atoms with Gasteiger partial charge < -0.3 is 21.1 Å². The van der Waals surface area contributed by atoms with E-state index < -0.39 is 24.0 Å². The molecule has 0 aliphatic carbocycles. The molecule has 0 heterocycles. The minimum atomic E-state index is -1.30. The molecule has 9 nitrogen and oxygen atoms in total. The summed E-state index contributed by atoms with van der Waals surface area (Å²) in [5, 5.41) is 26.4. The summed E-state index contributed by atoms with van der Waals surface area (Å²) >= 11 is 0. The number of benzene rings is 2. The van der Waals surface area contributed by atoms with Gasteiger partial charge in [0.15, 0.2) is 0 Å². The molecule has 6 N–H and O–H groups in total. The highest BCUT2D eigenvalue weighted by atomic mass is 16.5. The first kappa shape index (κ1) is 28.9. The zero-order valence-electron chi connectivity index (χ0n) is 18.8. The molecule has 0 saturated carbocycles. The molecule has 0 aromatic heterocycles. The van der Waals surface area contributed by atoms with Crippen LogP contribution in [0.5, 0.6) is 0 Å². The maximum atomic E-state index is 12.3. The number of rotatable bonds is 8. The predicted octanol–water partition coefficient (Wildman–Crippen LogP) is 1.26. The first-order valence-electron chi connectivity index (χ1n) is 10.5. The van der Waals surface area contributed by atoms with Crippen LogP contribution in [0, 0.1) is 23.7 Å². The summed E-state index contributed by atoms with van der Waals surface area (Å²) in [5.41, 5.74) is 3.71. The lowest BCUT2D eigenvalue weighted by Crippen LogP contribution is -2.51. The van der Waals surface area contributed by atoms with Crippen molar-refractivity contribution in [2.75, 3.05) is 18.4 Å². The Hall–Kier alpha value is -4.15. The van der Waals surface area contributed by atoms with Gasteiger partial charge in [-0.1, -0.05) is 26.2 Å². The van der Waals surface area contributed by atoms with E-state index in [1.807, 2.05) is 6.92 Å². The van der Waals surface area contributed by atoms with Crippen LogP contribution in [-0.4, -0.2) is 53.3 Å². The van der Waals surface area contributed by atoms with Gasteiger partial charge in [0.05, 0.1) is 12.6 Å². The molecule has 2 rings (SSSR count). The van der Waals surface area contributed by atoms with E-state index in [-0.39, 0.29) is 25.4 Å². The molecule has 9 heteroatoms. The molecule has 0 saturated heterocycles. The fourth-order valence-corrected chi connectivity index (χ4v) is 2.69. The second-order valence-electron chi connectivity index (χ2n) is 7.15. The van der Waals surface area contributed by atoms with Gasteiger partial charge in [-0.15, -0.1) is 0 Å². The Labute approximate surface area is 205 Å². The Morgan fingerprint density at radius 2 is 1.49 bits per heavy atom. The maximum absolute atomic E-state index is 12.3. The summed E-state index contributed by atoms with van der Waals surface area (Å²) < 4.78 is 0. The molecule has 2 atom stereocenters. The van der Waals surface area contributed by atoms with Crippen LogP contribution in [0.1, 0.15) is 42.8 Å². The molecule has 35 heavy (non-hydrogen) atoms. The van der Waals surface area contributed by atoms with Gasteiger partial charge in [-0.05, 0) is 73.8 Å². The second kappa shape index (κ2) is 14.9. The highest BCUT2D eigenvalue weighted by Gasteiger charge is 2.25. The molecule has 0 aliphatic rings. The van der Waals surface area contributed by atoms with E-state index in [2.05, 4.69) is 39.6 Å². The van der Waals surface area contributed by atoms with Gasteiger partial charge in [0.2, 0.25) is 5.91 Å². The zero-order chi connectivity index (χ0) is 24.9. The molecule has 184 valence electrons. The molecule has 0 spiro atoms. The van der Waals surface area contributed by atoms with Crippen molar-refractivity contribution >= 4 is 23.4 Å². The Bertz CT molecular complexity index is 1120. The summed E-state index contributed by atoms with van der Waals surface area (Å²) in [6, 6.07) is 12.1. The third-order valence-electron chi connectivity index (χ3n) is 4.49. The van der Waals surface area contributed by atoms with Gasteiger partial charge in [-0.25, -0.2) is 5.48 Å². The topological polar surface area (TPSA) is 140 Å². The lowest BCUT2D eigenvalue weighted by molar-refractivity contribution is -0.133. The number of hydrogen-bond donors (Lipinski definition) is 6. The Morgan fingerprint density at radius 3 is 1.97 bits per heavy atom. The molecule has 0 aliphatic heterocycles. The average molecular weight is 479 g/mol. The minimum absolute atomic E-state index is 0.